The Morgan fingerprint density at radius 3 is 1.56 bits per heavy atom. The second kappa shape index (κ2) is 15.0. The molecule has 0 radical (unpaired) electrons. The number of aromatic nitrogens is 1. The molecule has 2 aliphatic carbocycles. The molecule has 0 bridgehead atoms. The molecular formula is C69H63BN2. The summed E-state index contributed by atoms with van der Waals surface area (Å²) in [5, 5.41) is 5.23. The van der Waals surface area contributed by atoms with Crippen LogP contribution in [0.5, 0.6) is 0 Å². The molecule has 1 aromatic heterocycles. The first-order valence-electron chi connectivity index (χ1n) is 26.6. The van der Waals surface area contributed by atoms with Crippen LogP contribution in [0, 0.1) is 6.92 Å². The summed E-state index contributed by atoms with van der Waals surface area (Å²) >= 11 is 0. The van der Waals surface area contributed by atoms with E-state index in [9.17, 15) is 0 Å². The molecule has 0 fully saturated rings. The van der Waals surface area contributed by atoms with Crippen LogP contribution in [0.1, 0.15) is 109 Å². The average Bonchev–Trinajstić information content (AvgIpc) is 3.75. The zero-order chi connectivity index (χ0) is 49.2. The minimum atomic E-state index is -0.0794. The van der Waals surface area contributed by atoms with Crippen LogP contribution in [0.3, 0.4) is 0 Å². The molecule has 0 spiro atoms. The Morgan fingerprint density at radius 2 is 0.944 bits per heavy atom. The van der Waals surface area contributed by atoms with E-state index in [1.54, 1.807) is 0 Å². The first kappa shape index (κ1) is 43.7. The number of aryl methyl sites for hydroxylation is 1. The molecule has 0 saturated heterocycles. The van der Waals surface area contributed by atoms with E-state index in [0.29, 0.717) is 0 Å². The molecule has 3 heteroatoms. The fourth-order valence-electron chi connectivity index (χ4n) is 14.0. The van der Waals surface area contributed by atoms with Crippen LogP contribution in [0.15, 0.2) is 170 Å². The zero-order valence-electron chi connectivity index (χ0n) is 43.5. The number of hydrogen-bond acceptors (Lipinski definition) is 1. The topological polar surface area (TPSA) is 8.17 Å². The molecule has 2 aliphatic heterocycles. The third-order valence-electron chi connectivity index (χ3n) is 18.3. The lowest BCUT2D eigenvalue weighted by Gasteiger charge is -2.47. The Morgan fingerprint density at radius 1 is 0.417 bits per heavy atom. The molecule has 0 unspecified atom stereocenters. The van der Waals surface area contributed by atoms with Crippen molar-refractivity contribution in [2.75, 3.05) is 4.81 Å². The van der Waals surface area contributed by atoms with E-state index in [1.807, 2.05) is 0 Å². The van der Waals surface area contributed by atoms with Crippen molar-refractivity contribution in [2.45, 2.75) is 110 Å². The van der Waals surface area contributed by atoms with Crippen LogP contribution in [0.25, 0.3) is 82.8 Å². The van der Waals surface area contributed by atoms with Gasteiger partial charge >= 0.3 is 6.85 Å². The Balaban J connectivity index is 1.22. The fourth-order valence-corrected chi connectivity index (χ4v) is 14.0. The highest BCUT2D eigenvalue weighted by Gasteiger charge is 2.49. The zero-order valence-corrected chi connectivity index (χ0v) is 43.5. The van der Waals surface area contributed by atoms with Gasteiger partial charge in [0.2, 0.25) is 0 Å². The molecule has 10 aromatic rings. The molecule has 0 atom stereocenters. The number of benzene rings is 9. The molecule has 0 saturated carbocycles. The minimum Gasteiger partial charge on any atom is -0.376 e. The summed E-state index contributed by atoms with van der Waals surface area (Å²) in [5.41, 5.74) is 26.8. The van der Waals surface area contributed by atoms with Gasteiger partial charge in [0.15, 0.2) is 0 Å². The summed E-state index contributed by atoms with van der Waals surface area (Å²) in [7, 11) is 0. The van der Waals surface area contributed by atoms with Gasteiger partial charge in [0, 0.05) is 33.4 Å². The van der Waals surface area contributed by atoms with Gasteiger partial charge in [0.1, 0.15) is 0 Å². The predicted molar refractivity (Wildman–Crippen MR) is 309 cm³/mol. The van der Waals surface area contributed by atoms with E-state index >= 15 is 0 Å². The lowest BCUT2D eigenvalue weighted by atomic mass is 9.43. The van der Waals surface area contributed by atoms with Crippen LogP contribution < -0.4 is 15.7 Å². The largest absolute Gasteiger partial charge is 0.376 e. The highest BCUT2D eigenvalue weighted by Crippen LogP contribution is 2.55. The van der Waals surface area contributed by atoms with Crippen molar-refractivity contribution in [1.29, 1.82) is 0 Å². The quantitative estimate of drug-likeness (QED) is 0.160. The standard InChI is InChI=1S/C69H63BN2/c1-42-24-27-49(28-25-42)72-60-40-56-54(66(2,3)30-32-68(56,6)7)38-52(60)53-37-51(48-35-46(43-18-12-10-13-19-43)34-47(36-48)44-20-14-11-15-21-44)63-62-50-23-17-16-22-45(50)26-29-59(62)71-61-41-57-55(67(4,5)31-33-69(57,8)9)39-58(61)70(72)64(53)65(63)71/h10-29,34-41H,30-33H2,1-9H3. The van der Waals surface area contributed by atoms with Crippen molar-refractivity contribution in [3.63, 3.8) is 0 Å². The van der Waals surface area contributed by atoms with Crippen molar-refractivity contribution < 1.29 is 0 Å². The van der Waals surface area contributed by atoms with Crippen molar-refractivity contribution >= 4 is 61.7 Å². The Kier molecular flexibility index (Phi) is 9.09. The SMILES string of the molecule is Cc1ccc(N2B3c4cc5c(cc4-n4c6ccc7ccccc7c6c6c(-c7cc(-c8ccccc8)cc(-c8ccccc8)c7)cc(c3c64)-c3cc4c(cc32)C(C)(C)CCC4(C)C)C(C)(C)CCC5(C)C)cc1. The summed E-state index contributed by atoms with van der Waals surface area (Å²) in [4.78, 5) is 2.78. The predicted octanol–water partition coefficient (Wildman–Crippen LogP) is 17.2. The Hall–Kier alpha value is -7.10. The molecule has 0 N–H and O–H groups in total. The lowest BCUT2D eigenvalue weighted by molar-refractivity contribution is 0.332. The van der Waals surface area contributed by atoms with Crippen LogP contribution in [-0.4, -0.2) is 11.4 Å². The van der Waals surface area contributed by atoms with Gasteiger partial charge in [-0.05, 0) is 198 Å². The number of nitrogens with zero attached hydrogens (tertiary/aromatic N) is 2. The summed E-state index contributed by atoms with van der Waals surface area (Å²) in [6.45, 7) is 22.1. The lowest BCUT2D eigenvalue weighted by Crippen LogP contribution is -2.61. The van der Waals surface area contributed by atoms with Gasteiger partial charge in [0.25, 0.3) is 0 Å². The highest BCUT2D eigenvalue weighted by molar-refractivity contribution is 6.94. The summed E-state index contributed by atoms with van der Waals surface area (Å²) < 4.78 is 2.74. The maximum atomic E-state index is 2.78. The maximum Gasteiger partial charge on any atom is 0.333 e. The molecule has 2 nitrogen and oxygen atoms in total. The average molecular weight is 931 g/mol. The highest BCUT2D eigenvalue weighted by atomic mass is 15.1. The monoisotopic (exact) mass is 931 g/mol. The van der Waals surface area contributed by atoms with Crippen molar-refractivity contribution in [3.8, 4) is 50.2 Å². The van der Waals surface area contributed by atoms with E-state index in [0.717, 1.165) is 19.3 Å². The van der Waals surface area contributed by atoms with Crippen molar-refractivity contribution in [2.24, 2.45) is 0 Å². The second-order valence-corrected chi connectivity index (χ2v) is 24.7. The number of hydrogen-bond donors (Lipinski definition) is 0. The van der Waals surface area contributed by atoms with E-state index in [2.05, 4.69) is 242 Å². The van der Waals surface area contributed by atoms with Crippen LogP contribution in [-0.2, 0) is 21.7 Å². The van der Waals surface area contributed by atoms with E-state index in [4.69, 9.17) is 0 Å². The maximum absolute atomic E-state index is 2.78. The molecule has 4 aliphatic rings. The van der Waals surface area contributed by atoms with Crippen LogP contribution in [0.4, 0.5) is 11.4 Å². The van der Waals surface area contributed by atoms with Crippen LogP contribution in [0.2, 0.25) is 0 Å². The number of anilines is 2. The molecule has 0 amide bonds. The first-order chi connectivity index (χ1) is 34.6. The van der Waals surface area contributed by atoms with Gasteiger partial charge in [0.05, 0.1) is 11.0 Å². The van der Waals surface area contributed by atoms with Crippen molar-refractivity contribution in [1.82, 2.24) is 4.57 Å². The molecule has 9 aromatic carbocycles. The summed E-state index contributed by atoms with van der Waals surface area (Å²) in [6, 6.07) is 66.1. The number of fused-ring (bicyclic) bond motifs is 12. The van der Waals surface area contributed by atoms with E-state index in [1.165, 1.54) is 139 Å². The third-order valence-corrected chi connectivity index (χ3v) is 18.3. The van der Waals surface area contributed by atoms with Crippen molar-refractivity contribution in [3.05, 3.63) is 198 Å². The fraction of sp³-hybridized carbons (Fsp3) is 0.246. The van der Waals surface area contributed by atoms with Crippen LogP contribution >= 0.6 is 0 Å². The normalized spacial score (nSPS) is 17.4. The number of rotatable bonds is 4. The molecule has 14 rings (SSSR count). The van der Waals surface area contributed by atoms with Gasteiger partial charge < -0.3 is 9.38 Å². The van der Waals surface area contributed by atoms with Gasteiger partial charge in [-0.15, -0.1) is 0 Å². The summed E-state index contributed by atoms with van der Waals surface area (Å²) in [6.07, 6.45) is 4.65. The molecule has 352 valence electrons. The molecule has 3 heterocycles. The van der Waals surface area contributed by atoms with E-state index < -0.39 is 0 Å². The second-order valence-electron chi connectivity index (χ2n) is 24.7. The van der Waals surface area contributed by atoms with Gasteiger partial charge in [-0.25, -0.2) is 0 Å². The van der Waals surface area contributed by atoms with Gasteiger partial charge in [-0.2, -0.15) is 0 Å². The molecule has 72 heavy (non-hydrogen) atoms. The van der Waals surface area contributed by atoms with E-state index in [-0.39, 0.29) is 28.5 Å². The summed E-state index contributed by atoms with van der Waals surface area (Å²) in [5.74, 6) is 0. The smallest absolute Gasteiger partial charge is 0.333 e. The first-order valence-corrected chi connectivity index (χ1v) is 26.6. The Bertz CT molecular complexity index is 3870. The molecular weight excluding hydrogens is 868 g/mol. The Labute approximate surface area is 426 Å². The van der Waals surface area contributed by atoms with Gasteiger partial charge in [-0.1, -0.05) is 170 Å². The minimum absolute atomic E-state index is 0.0287. The third kappa shape index (κ3) is 6.22. The van der Waals surface area contributed by atoms with Gasteiger partial charge in [-0.3, -0.25) is 0 Å².